The lowest BCUT2D eigenvalue weighted by Gasteiger charge is -2.34. The van der Waals surface area contributed by atoms with Crippen LogP contribution in [0.4, 0.5) is 5.69 Å². The molecule has 0 aromatic heterocycles. The summed E-state index contributed by atoms with van der Waals surface area (Å²) in [5.41, 5.74) is 2.79. The maximum atomic E-state index is 14.5. The van der Waals surface area contributed by atoms with Crippen molar-refractivity contribution in [2.75, 3.05) is 10.8 Å². The first kappa shape index (κ1) is 34.0. The number of sulfonamides is 1. The molecule has 10 heteroatoms. The summed E-state index contributed by atoms with van der Waals surface area (Å²) in [6.07, 6.45) is 0.934. The molecule has 0 saturated carbocycles. The van der Waals surface area contributed by atoms with Crippen LogP contribution < -0.4 is 9.62 Å². The van der Waals surface area contributed by atoms with Gasteiger partial charge in [0.25, 0.3) is 10.0 Å². The first-order chi connectivity index (χ1) is 21.5. The van der Waals surface area contributed by atoms with Crippen LogP contribution in [0.1, 0.15) is 37.0 Å². The van der Waals surface area contributed by atoms with Crippen molar-refractivity contribution in [3.8, 4) is 0 Å². The molecule has 4 aromatic carbocycles. The number of nitrogens with one attached hydrogen (secondary N) is 1. The molecule has 0 aliphatic carbocycles. The smallest absolute Gasteiger partial charge is 0.264 e. The summed E-state index contributed by atoms with van der Waals surface area (Å²) >= 11 is 12.6. The minimum atomic E-state index is -4.26. The molecule has 0 aliphatic heterocycles. The third-order valence-corrected chi connectivity index (χ3v) is 9.68. The SMILES string of the molecule is CC[C@@H](C)NC(=O)[C@@H](Cc1ccccc1)N(Cc1cccc(C)c1)C(=O)CN(c1cc(Cl)cc(Cl)c1)S(=O)(=O)c1ccccc1. The monoisotopic (exact) mass is 665 g/mol. The molecule has 0 radical (unpaired) electrons. The van der Waals surface area contributed by atoms with E-state index in [1.807, 2.05) is 75.4 Å². The Balaban J connectivity index is 1.83. The van der Waals surface area contributed by atoms with Crippen LogP contribution >= 0.6 is 23.2 Å². The summed E-state index contributed by atoms with van der Waals surface area (Å²) in [7, 11) is -4.26. The highest BCUT2D eigenvalue weighted by Gasteiger charge is 2.35. The van der Waals surface area contributed by atoms with Crippen LogP contribution in [0, 0.1) is 6.92 Å². The molecular weight excluding hydrogens is 629 g/mol. The van der Waals surface area contributed by atoms with Gasteiger partial charge in [0.1, 0.15) is 12.6 Å². The van der Waals surface area contributed by atoms with Crippen molar-refractivity contribution < 1.29 is 18.0 Å². The van der Waals surface area contributed by atoms with Crippen molar-refractivity contribution in [1.29, 1.82) is 0 Å². The minimum absolute atomic E-state index is 0.00511. The van der Waals surface area contributed by atoms with E-state index in [0.717, 1.165) is 21.0 Å². The number of nitrogens with zero attached hydrogens (tertiary/aromatic N) is 2. The largest absolute Gasteiger partial charge is 0.352 e. The molecule has 0 bridgehead atoms. The van der Waals surface area contributed by atoms with Crippen LogP contribution in [0.15, 0.2) is 108 Å². The zero-order chi connectivity index (χ0) is 32.6. The zero-order valence-corrected chi connectivity index (χ0v) is 27.8. The van der Waals surface area contributed by atoms with E-state index in [4.69, 9.17) is 23.2 Å². The second-order valence-electron chi connectivity index (χ2n) is 11.0. The molecule has 45 heavy (non-hydrogen) atoms. The number of hydrogen-bond acceptors (Lipinski definition) is 4. The van der Waals surface area contributed by atoms with Gasteiger partial charge in [-0.15, -0.1) is 0 Å². The van der Waals surface area contributed by atoms with E-state index in [0.29, 0.717) is 6.42 Å². The van der Waals surface area contributed by atoms with Gasteiger partial charge in [0.2, 0.25) is 11.8 Å². The van der Waals surface area contributed by atoms with Gasteiger partial charge < -0.3 is 10.2 Å². The molecule has 1 N–H and O–H groups in total. The number of aryl methyl sites for hydroxylation is 1. The highest BCUT2D eigenvalue weighted by molar-refractivity contribution is 7.92. The van der Waals surface area contributed by atoms with Crippen LogP contribution in [0.25, 0.3) is 0 Å². The maximum Gasteiger partial charge on any atom is 0.264 e. The summed E-state index contributed by atoms with van der Waals surface area (Å²) in [6.45, 7) is 5.31. The van der Waals surface area contributed by atoms with Crippen molar-refractivity contribution in [3.63, 3.8) is 0 Å². The maximum absolute atomic E-state index is 14.5. The lowest BCUT2D eigenvalue weighted by Crippen LogP contribution is -2.54. The predicted molar refractivity (Wildman–Crippen MR) is 181 cm³/mol. The van der Waals surface area contributed by atoms with Gasteiger partial charge in [0.05, 0.1) is 10.6 Å². The number of carbonyl (C=O) groups excluding carboxylic acids is 2. The first-order valence-electron chi connectivity index (χ1n) is 14.7. The molecule has 0 saturated heterocycles. The van der Waals surface area contributed by atoms with Crippen molar-refractivity contribution in [3.05, 3.63) is 130 Å². The molecular formula is C35H37Cl2N3O4S. The number of hydrogen-bond donors (Lipinski definition) is 1. The Morgan fingerprint density at radius 1 is 0.822 bits per heavy atom. The molecule has 4 rings (SSSR count). The van der Waals surface area contributed by atoms with Crippen LogP contribution in [-0.2, 0) is 32.6 Å². The van der Waals surface area contributed by atoms with Crippen LogP contribution in [-0.4, -0.2) is 43.8 Å². The summed E-state index contributed by atoms with van der Waals surface area (Å²) in [4.78, 5) is 29.9. The van der Waals surface area contributed by atoms with Crippen molar-refractivity contribution in [2.24, 2.45) is 0 Å². The molecule has 4 aromatic rings. The number of amides is 2. The molecule has 2 atom stereocenters. The van der Waals surface area contributed by atoms with E-state index < -0.39 is 28.5 Å². The normalized spacial score (nSPS) is 12.6. The zero-order valence-electron chi connectivity index (χ0n) is 25.5. The van der Waals surface area contributed by atoms with Crippen molar-refractivity contribution >= 4 is 50.7 Å². The van der Waals surface area contributed by atoms with Crippen molar-refractivity contribution in [2.45, 2.75) is 57.1 Å². The second kappa shape index (κ2) is 15.4. The van der Waals surface area contributed by atoms with Gasteiger partial charge >= 0.3 is 0 Å². The Morgan fingerprint density at radius 2 is 1.42 bits per heavy atom. The van der Waals surface area contributed by atoms with Gasteiger partial charge in [-0.3, -0.25) is 13.9 Å². The predicted octanol–water partition coefficient (Wildman–Crippen LogP) is 7.05. The fourth-order valence-corrected chi connectivity index (χ4v) is 6.87. The quantitative estimate of drug-likeness (QED) is 0.166. The molecule has 0 fully saturated rings. The highest BCUT2D eigenvalue weighted by Crippen LogP contribution is 2.30. The van der Waals surface area contributed by atoms with E-state index in [1.165, 1.54) is 35.2 Å². The Morgan fingerprint density at radius 3 is 2.02 bits per heavy atom. The number of benzene rings is 4. The summed E-state index contributed by atoms with van der Waals surface area (Å²) in [5, 5.41) is 3.46. The Bertz CT molecular complexity index is 1700. The van der Waals surface area contributed by atoms with Gasteiger partial charge in [-0.1, -0.05) is 108 Å². The molecule has 0 aliphatic rings. The third kappa shape index (κ3) is 9.10. The van der Waals surface area contributed by atoms with E-state index in [-0.39, 0.29) is 45.5 Å². The number of carbonyl (C=O) groups is 2. The van der Waals surface area contributed by atoms with Crippen LogP contribution in [0.2, 0.25) is 10.0 Å². The Hall–Kier alpha value is -3.85. The fraction of sp³-hybridized carbons (Fsp3) is 0.257. The molecule has 0 spiro atoms. The van der Waals surface area contributed by atoms with E-state index >= 15 is 0 Å². The Labute approximate surface area is 275 Å². The molecule has 236 valence electrons. The van der Waals surface area contributed by atoms with Crippen LogP contribution in [0.3, 0.4) is 0 Å². The summed E-state index contributed by atoms with van der Waals surface area (Å²) in [6, 6.07) is 28.3. The molecule has 0 unspecified atom stereocenters. The average Bonchev–Trinajstić information content (AvgIpc) is 3.01. The number of rotatable bonds is 13. The topological polar surface area (TPSA) is 86.8 Å². The fourth-order valence-electron chi connectivity index (χ4n) is 4.93. The first-order valence-corrected chi connectivity index (χ1v) is 16.9. The molecule has 7 nitrogen and oxygen atoms in total. The lowest BCUT2D eigenvalue weighted by molar-refractivity contribution is -0.140. The third-order valence-electron chi connectivity index (χ3n) is 7.45. The summed E-state index contributed by atoms with van der Waals surface area (Å²) < 4.78 is 29.2. The van der Waals surface area contributed by atoms with Crippen LogP contribution in [0.5, 0.6) is 0 Å². The lowest BCUT2D eigenvalue weighted by atomic mass is 10.0. The molecule has 0 heterocycles. The standard InChI is InChI=1S/C35H37Cl2N3O4S/c1-4-26(3)38-35(42)33(19-27-13-7-5-8-14-27)39(23-28-15-11-12-25(2)18-28)34(41)24-40(31-21-29(36)20-30(37)22-31)45(43,44)32-16-9-6-10-17-32/h5-18,20-22,26,33H,4,19,23-24H2,1-3H3,(H,38,42)/t26-,33-/m1/s1. The van der Waals surface area contributed by atoms with Gasteiger partial charge in [0.15, 0.2) is 0 Å². The highest BCUT2D eigenvalue weighted by atomic mass is 35.5. The van der Waals surface area contributed by atoms with E-state index in [2.05, 4.69) is 5.32 Å². The van der Waals surface area contributed by atoms with Crippen molar-refractivity contribution in [1.82, 2.24) is 10.2 Å². The van der Waals surface area contributed by atoms with Gasteiger partial charge in [-0.05, 0) is 61.7 Å². The van der Waals surface area contributed by atoms with E-state index in [1.54, 1.807) is 18.2 Å². The van der Waals surface area contributed by atoms with Gasteiger partial charge in [-0.25, -0.2) is 8.42 Å². The number of halogens is 2. The Kier molecular flexibility index (Phi) is 11.7. The van der Waals surface area contributed by atoms with Gasteiger partial charge in [0, 0.05) is 29.1 Å². The second-order valence-corrected chi connectivity index (χ2v) is 13.7. The summed E-state index contributed by atoms with van der Waals surface area (Å²) in [5.74, 6) is -0.884. The van der Waals surface area contributed by atoms with Gasteiger partial charge in [-0.2, -0.15) is 0 Å². The number of anilines is 1. The minimum Gasteiger partial charge on any atom is -0.352 e. The average molecular weight is 667 g/mol. The molecule has 2 amide bonds. The van der Waals surface area contributed by atoms with E-state index in [9.17, 15) is 18.0 Å².